The van der Waals surface area contributed by atoms with Crippen molar-refractivity contribution in [1.82, 2.24) is 5.43 Å². The summed E-state index contributed by atoms with van der Waals surface area (Å²) < 4.78 is 6.37. The molecule has 0 fully saturated rings. The Bertz CT molecular complexity index is 515. The van der Waals surface area contributed by atoms with E-state index in [0.717, 1.165) is 22.2 Å². The molecule has 0 radical (unpaired) electrons. The number of rotatable bonds is 5. The van der Waals surface area contributed by atoms with Crippen molar-refractivity contribution in [3.63, 3.8) is 0 Å². The molecule has 0 saturated carbocycles. The predicted molar refractivity (Wildman–Crippen MR) is 78.8 cm³/mol. The van der Waals surface area contributed by atoms with Crippen molar-refractivity contribution in [2.24, 2.45) is 5.84 Å². The summed E-state index contributed by atoms with van der Waals surface area (Å²) in [7, 11) is 1.67. The summed E-state index contributed by atoms with van der Waals surface area (Å²) in [6.07, 6.45) is 0.849. The maximum absolute atomic E-state index is 5.66. The van der Waals surface area contributed by atoms with Gasteiger partial charge >= 0.3 is 0 Å². The minimum absolute atomic E-state index is 0.0787. The van der Waals surface area contributed by atoms with E-state index in [2.05, 4.69) is 38.9 Å². The molecule has 0 spiro atoms. The first kappa shape index (κ1) is 13.5. The number of halogens is 1. The third-order valence-corrected chi connectivity index (χ3v) is 4.73. The molecule has 3 nitrogen and oxygen atoms in total. The van der Waals surface area contributed by atoms with Crippen molar-refractivity contribution in [2.45, 2.75) is 12.5 Å². The summed E-state index contributed by atoms with van der Waals surface area (Å²) in [4.78, 5) is 1.28. The molecular weight excluding hydrogens is 312 g/mol. The summed E-state index contributed by atoms with van der Waals surface area (Å²) in [6, 6.07) is 10.1. The van der Waals surface area contributed by atoms with E-state index in [4.69, 9.17) is 10.6 Å². The molecule has 1 aromatic heterocycles. The topological polar surface area (TPSA) is 47.3 Å². The molecule has 1 heterocycles. The van der Waals surface area contributed by atoms with Gasteiger partial charge in [0.25, 0.3) is 0 Å². The number of benzene rings is 1. The molecule has 1 aromatic carbocycles. The summed E-state index contributed by atoms with van der Waals surface area (Å²) in [6.45, 7) is 0. The molecule has 2 aromatic rings. The van der Waals surface area contributed by atoms with E-state index in [0.29, 0.717) is 0 Å². The van der Waals surface area contributed by atoms with Gasteiger partial charge in [0.05, 0.1) is 13.2 Å². The van der Waals surface area contributed by atoms with Gasteiger partial charge in [-0.05, 0) is 45.1 Å². The van der Waals surface area contributed by atoms with Crippen molar-refractivity contribution >= 4 is 27.3 Å². The van der Waals surface area contributed by atoms with E-state index in [1.165, 1.54) is 4.88 Å². The van der Waals surface area contributed by atoms with Gasteiger partial charge in [-0.25, -0.2) is 0 Å². The number of nitrogens with two attached hydrogens (primary N) is 1. The molecule has 96 valence electrons. The highest BCUT2D eigenvalue weighted by Crippen LogP contribution is 2.29. The largest absolute Gasteiger partial charge is 0.497 e. The standard InChI is InChI=1S/C13H15BrN2OS/c1-17-10-4-2-3-9(7-10)12(16-15)8-13-11(14)5-6-18-13/h2-7,12,16H,8,15H2,1H3. The van der Waals surface area contributed by atoms with Crippen LogP contribution >= 0.6 is 27.3 Å². The Kier molecular flexibility index (Phi) is 4.77. The van der Waals surface area contributed by atoms with Crippen molar-refractivity contribution in [1.29, 1.82) is 0 Å². The number of thiophene rings is 1. The van der Waals surface area contributed by atoms with Crippen LogP contribution in [0.5, 0.6) is 5.75 Å². The third-order valence-electron chi connectivity index (χ3n) is 2.78. The lowest BCUT2D eigenvalue weighted by Crippen LogP contribution is -2.29. The molecular formula is C13H15BrN2OS. The average Bonchev–Trinajstić information content (AvgIpc) is 2.81. The zero-order valence-electron chi connectivity index (χ0n) is 10.0. The fraction of sp³-hybridized carbons (Fsp3) is 0.231. The summed E-state index contributed by atoms with van der Waals surface area (Å²) >= 11 is 5.27. The van der Waals surface area contributed by atoms with Gasteiger partial charge in [0.2, 0.25) is 0 Å². The lowest BCUT2D eigenvalue weighted by Gasteiger charge is -2.16. The summed E-state index contributed by atoms with van der Waals surface area (Å²) in [5, 5.41) is 2.07. The Morgan fingerprint density at radius 2 is 2.28 bits per heavy atom. The first-order valence-corrected chi connectivity index (χ1v) is 7.24. The second-order valence-corrected chi connectivity index (χ2v) is 5.75. The minimum atomic E-state index is 0.0787. The molecule has 3 N–H and O–H groups in total. The van der Waals surface area contributed by atoms with Crippen molar-refractivity contribution in [3.8, 4) is 5.75 Å². The lowest BCUT2D eigenvalue weighted by atomic mass is 10.0. The molecule has 0 bridgehead atoms. The molecule has 0 aliphatic heterocycles. The number of ether oxygens (including phenoxy) is 1. The average molecular weight is 327 g/mol. The van der Waals surface area contributed by atoms with Gasteiger partial charge in [-0.3, -0.25) is 11.3 Å². The smallest absolute Gasteiger partial charge is 0.119 e. The van der Waals surface area contributed by atoms with Crippen molar-refractivity contribution in [2.75, 3.05) is 7.11 Å². The maximum Gasteiger partial charge on any atom is 0.119 e. The van der Waals surface area contributed by atoms with E-state index < -0.39 is 0 Å². The summed E-state index contributed by atoms with van der Waals surface area (Å²) in [5.74, 6) is 6.51. The second kappa shape index (κ2) is 6.33. The van der Waals surface area contributed by atoms with Crippen LogP contribution in [0.1, 0.15) is 16.5 Å². The highest BCUT2D eigenvalue weighted by Gasteiger charge is 2.13. The van der Waals surface area contributed by atoms with Crippen LogP contribution in [0.15, 0.2) is 40.2 Å². The van der Waals surface area contributed by atoms with E-state index in [1.54, 1.807) is 18.4 Å². The quantitative estimate of drug-likeness (QED) is 0.654. The van der Waals surface area contributed by atoms with Gasteiger partial charge in [-0.1, -0.05) is 12.1 Å². The van der Waals surface area contributed by atoms with Crippen LogP contribution in [0.25, 0.3) is 0 Å². The molecule has 0 aliphatic rings. The number of hydrogen-bond acceptors (Lipinski definition) is 4. The fourth-order valence-corrected chi connectivity index (χ4v) is 3.35. The van der Waals surface area contributed by atoms with Crippen LogP contribution in [0.4, 0.5) is 0 Å². The number of methoxy groups -OCH3 is 1. The van der Waals surface area contributed by atoms with Gasteiger partial charge in [-0.2, -0.15) is 0 Å². The Labute approximate surface area is 119 Å². The second-order valence-electron chi connectivity index (χ2n) is 3.89. The van der Waals surface area contributed by atoms with Crippen molar-refractivity contribution < 1.29 is 4.74 Å². The van der Waals surface area contributed by atoms with Gasteiger partial charge in [0.15, 0.2) is 0 Å². The Balaban J connectivity index is 2.20. The predicted octanol–water partition coefficient (Wildman–Crippen LogP) is 3.27. The molecule has 0 saturated heterocycles. The van der Waals surface area contributed by atoms with E-state index in [9.17, 15) is 0 Å². The number of hydrazine groups is 1. The number of nitrogens with one attached hydrogen (secondary N) is 1. The third kappa shape index (κ3) is 3.11. The normalized spacial score (nSPS) is 12.4. The molecule has 1 unspecified atom stereocenters. The molecule has 18 heavy (non-hydrogen) atoms. The van der Waals surface area contributed by atoms with Gasteiger partial charge in [-0.15, -0.1) is 11.3 Å². The molecule has 0 amide bonds. The van der Waals surface area contributed by atoms with Crippen LogP contribution in [0, 0.1) is 0 Å². The first-order chi connectivity index (χ1) is 8.74. The Hall–Kier alpha value is -0.880. The molecule has 5 heteroatoms. The first-order valence-electron chi connectivity index (χ1n) is 5.56. The van der Waals surface area contributed by atoms with E-state index in [1.807, 2.05) is 18.2 Å². The number of hydrogen-bond donors (Lipinski definition) is 2. The van der Waals surface area contributed by atoms with E-state index in [-0.39, 0.29) is 6.04 Å². The molecule has 0 aliphatic carbocycles. The Morgan fingerprint density at radius 1 is 1.44 bits per heavy atom. The van der Waals surface area contributed by atoms with Crippen LogP contribution in [-0.2, 0) is 6.42 Å². The van der Waals surface area contributed by atoms with Gasteiger partial charge < -0.3 is 4.74 Å². The van der Waals surface area contributed by atoms with Gasteiger partial charge in [0, 0.05) is 15.8 Å². The van der Waals surface area contributed by atoms with Crippen LogP contribution in [0.3, 0.4) is 0 Å². The zero-order chi connectivity index (χ0) is 13.0. The van der Waals surface area contributed by atoms with Crippen LogP contribution in [0.2, 0.25) is 0 Å². The maximum atomic E-state index is 5.66. The SMILES string of the molecule is COc1cccc(C(Cc2sccc2Br)NN)c1. The van der Waals surface area contributed by atoms with E-state index >= 15 is 0 Å². The lowest BCUT2D eigenvalue weighted by molar-refractivity contribution is 0.413. The zero-order valence-corrected chi connectivity index (χ0v) is 12.4. The van der Waals surface area contributed by atoms with Crippen molar-refractivity contribution in [3.05, 3.63) is 50.6 Å². The highest BCUT2D eigenvalue weighted by molar-refractivity contribution is 9.10. The molecule has 2 rings (SSSR count). The highest BCUT2D eigenvalue weighted by atomic mass is 79.9. The van der Waals surface area contributed by atoms with Crippen LogP contribution < -0.4 is 16.0 Å². The van der Waals surface area contributed by atoms with Crippen LogP contribution in [-0.4, -0.2) is 7.11 Å². The fourth-order valence-electron chi connectivity index (χ4n) is 1.79. The Morgan fingerprint density at radius 3 is 2.89 bits per heavy atom. The van der Waals surface area contributed by atoms with Gasteiger partial charge in [0.1, 0.15) is 5.75 Å². The minimum Gasteiger partial charge on any atom is -0.497 e. The molecule has 1 atom stereocenters. The summed E-state index contributed by atoms with van der Waals surface area (Å²) in [5.41, 5.74) is 3.99. The monoisotopic (exact) mass is 326 g/mol.